The maximum absolute atomic E-state index is 5.91. The number of anilines is 1. The number of aromatic nitrogens is 3. The molecule has 0 amide bonds. The molecule has 5 heteroatoms. The fourth-order valence-corrected chi connectivity index (χ4v) is 1.48. The lowest BCUT2D eigenvalue weighted by Crippen LogP contribution is -1.95. The number of nitrogens with one attached hydrogen (secondary N) is 1. The van der Waals surface area contributed by atoms with Crippen LogP contribution >= 0.6 is 11.6 Å². The molecular weight excluding hydrogens is 236 g/mol. The molecule has 2 rings (SSSR count). The molecule has 17 heavy (non-hydrogen) atoms. The van der Waals surface area contributed by atoms with E-state index in [2.05, 4.69) is 27.2 Å². The van der Waals surface area contributed by atoms with Gasteiger partial charge in [-0.3, -0.25) is 4.68 Å². The van der Waals surface area contributed by atoms with E-state index in [1.807, 2.05) is 26.2 Å². The fraction of sp³-hybridized carbons (Fsp3) is 0.167. The summed E-state index contributed by atoms with van der Waals surface area (Å²) in [4.78, 5) is 3.96. The maximum atomic E-state index is 5.91. The SMILES string of the molecule is CNc1cc(C#Cc2cccnc2Cl)n(C)n1. The van der Waals surface area contributed by atoms with Crippen LogP contribution in [0.3, 0.4) is 0 Å². The minimum absolute atomic E-state index is 0.413. The van der Waals surface area contributed by atoms with Crippen LogP contribution in [0.15, 0.2) is 24.4 Å². The topological polar surface area (TPSA) is 42.7 Å². The highest BCUT2D eigenvalue weighted by molar-refractivity contribution is 6.30. The van der Waals surface area contributed by atoms with Crippen LogP contribution in [-0.2, 0) is 7.05 Å². The van der Waals surface area contributed by atoms with Crippen LogP contribution in [0.1, 0.15) is 11.3 Å². The zero-order chi connectivity index (χ0) is 12.3. The van der Waals surface area contributed by atoms with E-state index in [1.54, 1.807) is 16.9 Å². The van der Waals surface area contributed by atoms with E-state index in [9.17, 15) is 0 Å². The molecule has 0 saturated carbocycles. The average Bonchev–Trinajstić information content (AvgIpc) is 2.69. The second-order valence-electron chi connectivity index (χ2n) is 3.38. The smallest absolute Gasteiger partial charge is 0.149 e. The predicted molar refractivity (Wildman–Crippen MR) is 68.0 cm³/mol. The molecule has 0 saturated heterocycles. The number of nitrogens with zero attached hydrogens (tertiary/aromatic N) is 3. The normalized spacial score (nSPS) is 9.59. The van der Waals surface area contributed by atoms with Crippen LogP contribution in [-0.4, -0.2) is 21.8 Å². The number of aryl methyl sites for hydroxylation is 1. The van der Waals surface area contributed by atoms with Gasteiger partial charge in [-0.05, 0) is 18.1 Å². The fourth-order valence-electron chi connectivity index (χ4n) is 1.32. The van der Waals surface area contributed by atoms with Crippen LogP contribution in [0.5, 0.6) is 0 Å². The van der Waals surface area contributed by atoms with Gasteiger partial charge in [0.1, 0.15) is 16.7 Å². The summed E-state index contributed by atoms with van der Waals surface area (Å²) in [6.07, 6.45) is 1.64. The Balaban J connectivity index is 2.33. The number of hydrogen-bond acceptors (Lipinski definition) is 3. The van der Waals surface area contributed by atoms with Crippen LogP contribution in [0, 0.1) is 11.8 Å². The van der Waals surface area contributed by atoms with Crippen LogP contribution in [0.2, 0.25) is 5.15 Å². The molecule has 4 nitrogen and oxygen atoms in total. The monoisotopic (exact) mass is 246 g/mol. The van der Waals surface area contributed by atoms with E-state index in [0.29, 0.717) is 10.7 Å². The number of pyridine rings is 1. The number of halogens is 1. The van der Waals surface area contributed by atoms with Gasteiger partial charge in [0, 0.05) is 26.4 Å². The lowest BCUT2D eigenvalue weighted by molar-refractivity contribution is 0.760. The Kier molecular flexibility index (Phi) is 3.31. The Morgan fingerprint density at radius 2 is 2.24 bits per heavy atom. The van der Waals surface area contributed by atoms with Crippen molar-refractivity contribution in [3.8, 4) is 11.8 Å². The van der Waals surface area contributed by atoms with Crippen molar-refractivity contribution >= 4 is 17.4 Å². The lowest BCUT2D eigenvalue weighted by Gasteiger charge is -1.92. The third kappa shape index (κ3) is 2.58. The Bertz CT molecular complexity index is 592. The molecule has 2 aromatic rings. The number of hydrogen-bond donors (Lipinski definition) is 1. The molecule has 2 heterocycles. The molecule has 0 aliphatic rings. The molecule has 0 unspecified atom stereocenters. The quantitative estimate of drug-likeness (QED) is 0.618. The summed E-state index contributed by atoms with van der Waals surface area (Å²) in [5, 5.41) is 7.59. The minimum Gasteiger partial charge on any atom is -0.372 e. The lowest BCUT2D eigenvalue weighted by atomic mass is 10.3. The highest BCUT2D eigenvalue weighted by Gasteiger charge is 2.00. The van der Waals surface area contributed by atoms with Gasteiger partial charge in [0.05, 0.1) is 5.56 Å². The van der Waals surface area contributed by atoms with Crippen molar-refractivity contribution in [1.82, 2.24) is 14.8 Å². The van der Waals surface area contributed by atoms with Gasteiger partial charge in [-0.25, -0.2) is 4.98 Å². The first-order valence-electron chi connectivity index (χ1n) is 5.05. The van der Waals surface area contributed by atoms with E-state index in [0.717, 1.165) is 11.5 Å². The second-order valence-corrected chi connectivity index (χ2v) is 3.74. The van der Waals surface area contributed by atoms with E-state index < -0.39 is 0 Å². The molecule has 0 radical (unpaired) electrons. The molecule has 86 valence electrons. The van der Waals surface area contributed by atoms with Gasteiger partial charge in [0.2, 0.25) is 0 Å². The maximum Gasteiger partial charge on any atom is 0.149 e. The zero-order valence-corrected chi connectivity index (χ0v) is 10.3. The summed E-state index contributed by atoms with van der Waals surface area (Å²) < 4.78 is 1.71. The molecule has 0 fully saturated rings. The van der Waals surface area contributed by atoms with Crippen LogP contribution < -0.4 is 5.32 Å². The summed E-state index contributed by atoms with van der Waals surface area (Å²) in [6.45, 7) is 0. The summed E-state index contributed by atoms with van der Waals surface area (Å²) in [6, 6.07) is 5.51. The summed E-state index contributed by atoms with van der Waals surface area (Å²) >= 11 is 5.91. The zero-order valence-electron chi connectivity index (χ0n) is 9.53. The van der Waals surface area contributed by atoms with Crippen molar-refractivity contribution < 1.29 is 0 Å². The van der Waals surface area contributed by atoms with Gasteiger partial charge in [-0.2, -0.15) is 5.10 Å². The van der Waals surface area contributed by atoms with Crippen molar-refractivity contribution in [3.05, 3.63) is 40.8 Å². The van der Waals surface area contributed by atoms with Crippen LogP contribution in [0.4, 0.5) is 5.82 Å². The van der Waals surface area contributed by atoms with Crippen molar-refractivity contribution in [2.24, 2.45) is 7.05 Å². The Labute approximate surface area is 105 Å². The molecule has 0 atom stereocenters. The largest absolute Gasteiger partial charge is 0.372 e. The molecule has 1 N–H and O–H groups in total. The molecule has 0 aliphatic carbocycles. The highest BCUT2D eigenvalue weighted by Crippen LogP contribution is 2.10. The first kappa shape index (κ1) is 11.5. The van der Waals surface area contributed by atoms with E-state index in [1.165, 1.54) is 0 Å². The molecule has 0 bridgehead atoms. The van der Waals surface area contributed by atoms with Gasteiger partial charge in [0.25, 0.3) is 0 Å². The average molecular weight is 247 g/mol. The molecular formula is C12H11ClN4. The number of rotatable bonds is 1. The van der Waals surface area contributed by atoms with E-state index in [-0.39, 0.29) is 0 Å². The predicted octanol–water partition coefficient (Wildman–Crippen LogP) is 1.91. The molecule has 0 spiro atoms. The summed E-state index contributed by atoms with van der Waals surface area (Å²) in [5.41, 5.74) is 1.52. The van der Waals surface area contributed by atoms with Crippen molar-refractivity contribution in [3.63, 3.8) is 0 Å². The third-order valence-corrected chi connectivity index (χ3v) is 2.52. The summed E-state index contributed by atoms with van der Waals surface area (Å²) in [7, 11) is 3.66. The van der Waals surface area contributed by atoms with Gasteiger partial charge in [-0.1, -0.05) is 17.5 Å². The standard InChI is InChI=1S/C12H11ClN4/c1-14-11-8-10(17(2)16-11)6-5-9-4-3-7-15-12(9)13/h3-4,7-8H,1-2H3,(H,14,16). The van der Waals surface area contributed by atoms with Crippen LogP contribution in [0.25, 0.3) is 0 Å². The minimum atomic E-state index is 0.413. The van der Waals surface area contributed by atoms with E-state index >= 15 is 0 Å². The molecule has 0 aliphatic heterocycles. The van der Waals surface area contributed by atoms with Gasteiger partial charge >= 0.3 is 0 Å². The highest BCUT2D eigenvalue weighted by atomic mass is 35.5. The van der Waals surface area contributed by atoms with Crippen molar-refractivity contribution in [2.75, 3.05) is 12.4 Å². The third-order valence-electron chi connectivity index (χ3n) is 2.22. The Morgan fingerprint density at radius 3 is 2.88 bits per heavy atom. The summed E-state index contributed by atoms with van der Waals surface area (Å²) in [5.74, 6) is 6.77. The van der Waals surface area contributed by atoms with Gasteiger partial charge in [0.15, 0.2) is 0 Å². The van der Waals surface area contributed by atoms with Crippen molar-refractivity contribution in [2.45, 2.75) is 0 Å². The van der Waals surface area contributed by atoms with Crippen molar-refractivity contribution in [1.29, 1.82) is 0 Å². The Morgan fingerprint density at radius 1 is 1.41 bits per heavy atom. The van der Waals surface area contributed by atoms with Gasteiger partial charge < -0.3 is 5.32 Å². The first-order valence-corrected chi connectivity index (χ1v) is 5.43. The van der Waals surface area contributed by atoms with Gasteiger partial charge in [-0.15, -0.1) is 0 Å². The Hall–Kier alpha value is -1.99. The first-order chi connectivity index (χ1) is 8.20. The molecule has 2 aromatic heterocycles. The molecule has 0 aromatic carbocycles. The van der Waals surface area contributed by atoms with E-state index in [4.69, 9.17) is 11.6 Å². The second kappa shape index (κ2) is 4.89.